The summed E-state index contributed by atoms with van der Waals surface area (Å²) in [5, 5.41) is 8.22. The number of nitriles is 1. The van der Waals surface area contributed by atoms with E-state index in [1.54, 1.807) is 19.1 Å². The van der Waals surface area contributed by atoms with Gasteiger partial charge in [-0.05, 0) is 31.0 Å². The van der Waals surface area contributed by atoms with Crippen molar-refractivity contribution in [3.05, 3.63) is 29.8 Å². The maximum Gasteiger partial charge on any atom is 0.156 e. The third-order valence-electron chi connectivity index (χ3n) is 3.03. The average Bonchev–Trinajstić information content (AvgIpc) is 2.40. The predicted octanol–water partition coefficient (Wildman–Crippen LogP) is 2.34. The fraction of sp³-hybridized carbons (Fsp3) is 0.500. The first kappa shape index (κ1) is 15.5. The van der Waals surface area contributed by atoms with E-state index in [4.69, 9.17) is 10.00 Å². The molecule has 0 N–H and O–H groups in total. The molecule has 1 rings (SSSR count). The predicted molar refractivity (Wildman–Crippen MR) is 74.8 cm³/mol. The van der Waals surface area contributed by atoms with Crippen LogP contribution in [0.25, 0.3) is 0 Å². The van der Waals surface area contributed by atoms with Crippen molar-refractivity contribution in [2.24, 2.45) is 0 Å². The van der Waals surface area contributed by atoms with Gasteiger partial charge in [0, 0.05) is 0 Å². The lowest BCUT2D eigenvalue weighted by Gasteiger charge is -2.11. The van der Waals surface area contributed by atoms with Crippen LogP contribution in [0.15, 0.2) is 24.3 Å². The molecule has 0 aromatic heterocycles. The van der Waals surface area contributed by atoms with Crippen LogP contribution in [0.5, 0.6) is 5.75 Å². The lowest BCUT2D eigenvalue weighted by atomic mass is 10.2. The molecule has 0 fully saturated rings. The highest BCUT2D eigenvalue weighted by Gasteiger charge is 2.18. The highest BCUT2D eigenvalue weighted by molar-refractivity contribution is 7.92. The third-order valence-corrected chi connectivity index (χ3v) is 5.33. The zero-order valence-electron chi connectivity index (χ0n) is 11.3. The summed E-state index contributed by atoms with van der Waals surface area (Å²) in [4.78, 5) is 0. The van der Waals surface area contributed by atoms with Gasteiger partial charge in [-0.25, -0.2) is 8.42 Å². The van der Waals surface area contributed by atoms with E-state index in [1.807, 2.05) is 19.1 Å². The summed E-state index contributed by atoms with van der Waals surface area (Å²) in [6.07, 6.45) is 0.980. The van der Waals surface area contributed by atoms with Crippen LogP contribution >= 0.6 is 0 Å². The van der Waals surface area contributed by atoms with E-state index in [-0.39, 0.29) is 17.6 Å². The quantitative estimate of drug-likeness (QED) is 0.769. The highest BCUT2D eigenvalue weighted by Crippen LogP contribution is 2.13. The Balaban J connectivity index is 2.48. The van der Waals surface area contributed by atoms with Crippen LogP contribution in [0.2, 0.25) is 0 Å². The molecule has 0 heterocycles. The Hall–Kier alpha value is -1.54. The van der Waals surface area contributed by atoms with Gasteiger partial charge >= 0.3 is 0 Å². The molecule has 5 heteroatoms. The molecule has 0 saturated heterocycles. The van der Waals surface area contributed by atoms with Crippen molar-refractivity contribution in [3.8, 4) is 11.8 Å². The molecule has 1 unspecified atom stereocenters. The van der Waals surface area contributed by atoms with E-state index >= 15 is 0 Å². The Morgan fingerprint density at radius 1 is 1.32 bits per heavy atom. The number of nitrogens with zero attached hydrogens (tertiary/aromatic N) is 1. The highest BCUT2D eigenvalue weighted by atomic mass is 32.2. The topological polar surface area (TPSA) is 67.2 Å². The van der Waals surface area contributed by atoms with Crippen molar-refractivity contribution in [3.63, 3.8) is 0 Å². The summed E-state index contributed by atoms with van der Waals surface area (Å²) in [5.74, 6) is 0.656. The first-order valence-electron chi connectivity index (χ1n) is 6.30. The maximum absolute atomic E-state index is 11.8. The number of ether oxygens (including phenoxy) is 1. The standard InChI is InChI=1S/C14H19NO3S/c1-3-12(2)19(16,17)11-10-18-14-6-4-13(5-7-14)8-9-15/h4-7,12H,3,8,10-11H2,1-2H3. The molecule has 104 valence electrons. The summed E-state index contributed by atoms with van der Waals surface area (Å²) in [5.41, 5.74) is 0.919. The van der Waals surface area contributed by atoms with Gasteiger partial charge in [-0.15, -0.1) is 0 Å². The number of benzene rings is 1. The van der Waals surface area contributed by atoms with Gasteiger partial charge in [0.15, 0.2) is 9.84 Å². The van der Waals surface area contributed by atoms with E-state index in [1.165, 1.54) is 0 Å². The molecule has 19 heavy (non-hydrogen) atoms. The van der Waals surface area contributed by atoms with Crippen molar-refractivity contribution in [2.75, 3.05) is 12.4 Å². The fourth-order valence-electron chi connectivity index (χ4n) is 1.53. The molecule has 0 radical (unpaired) electrons. The fourth-order valence-corrected chi connectivity index (χ4v) is 2.75. The summed E-state index contributed by atoms with van der Waals surface area (Å²) < 4.78 is 29.0. The lowest BCUT2D eigenvalue weighted by molar-refractivity contribution is 0.340. The van der Waals surface area contributed by atoms with Crippen molar-refractivity contribution >= 4 is 9.84 Å². The number of sulfone groups is 1. The maximum atomic E-state index is 11.8. The van der Waals surface area contributed by atoms with Crippen molar-refractivity contribution in [2.45, 2.75) is 31.9 Å². The van der Waals surface area contributed by atoms with Crippen LogP contribution in [0.1, 0.15) is 25.8 Å². The minimum Gasteiger partial charge on any atom is -0.493 e. The molecule has 4 nitrogen and oxygen atoms in total. The smallest absolute Gasteiger partial charge is 0.156 e. The zero-order chi connectivity index (χ0) is 14.3. The van der Waals surface area contributed by atoms with Gasteiger partial charge in [0.2, 0.25) is 0 Å². The molecule has 1 aromatic rings. The lowest BCUT2D eigenvalue weighted by Crippen LogP contribution is -2.23. The Labute approximate surface area is 114 Å². The van der Waals surface area contributed by atoms with E-state index in [0.29, 0.717) is 18.6 Å². The first-order valence-corrected chi connectivity index (χ1v) is 8.01. The van der Waals surface area contributed by atoms with Crippen LogP contribution < -0.4 is 4.74 Å². The monoisotopic (exact) mass is 281 g/mol. The molecular weight excluding hydrogens is 262 g/mol. The number of hydrogen-bond donors (Lipinski definition) is 0. The second kappa shape index (κ2) is 7.15. The average molecular weight is 281 g/mol. The van der Waals surface area contributed by atoms with Gasteiger partial charge in [-0.2, -0.15) is 5.26 Å². The summed E-state index contributed by atoms with van der Waals surface area (Å²) in [6.45, 7) is 3.73. The summed E-state index contributed by atoms with van der Waals surface area (Å²) >= 11 is 0. The molecule has 0 spiro atoms. The van der Waals surface area contributed by atoms with E-state index < -0.39 is 9.84 Å². The first-order chi connectivity index (χ1) is 8.99. The van der Waals surface area contributed by atoms with Crippen molar-refractivity contribution in [1.29, 1.82) is 5.26 Å². The molecule has 0 amide bonds. The molecule has 0 saturated carbocycles. The van der Waals surface area contributed by atoms with Crippen LogP contribution in [0, 0.1) is 11.3 Å². The van der Waals surface area contributed by atoms with E-state index in [9.17, 15) is 8.42 Å². The van der Waals surface area contributed by atoms with Crippen LogP contribution in [0.4, 0.5) is 0 Å². The van der Waals surface area contributed by atoms with E-state index in [2.05, 4.69) is 6.07 Å². The zero-order valence-corrected chi connectivity index (χ0v) is 12.1. The van der Waals surface area contributed by atoms with Gasteiger partial charge in [0.25, 0.3) is 0 Å². The molecule has 1 aromatic carbocycles. The molecule has 0 bridgehead atoms. The normalized spacial score (nSPS) is 12.7. The SMILES string of the molecule is CCC(C)S(=O)(=O)CCOc1ccc(CC#N)cc1. The second-order valence-electron chi connectivity index (χ2n) is 4.41. The Morgan fingerprint density at radius 2 is 1.95 bits per heavy atom. The third kappa shape index (κ3) is 4.92. The number of rotatable bonds is 7. The van der Waals surface area contributed by atoms with Crippen LogP contribution in [0.3, 0.4) is 0 Å². The molecule has 0 aliphatic carbocycles. The minimum atomic E-state index is -3.07. The second-order valence-corrected chi connectivity index (χ2v) is 6.95. The Morgan fingerprint density at radius 3 is 2.47 bits per heavy atom. The Kier molecular flexibility index (Phi) is 5.84. The van der Waals surface area contributed by atoms with Crippen LogP contribution in [-0.4, -0.2) is 26.0 Å². The van der Waals surface area contributed by atoms with Crippen molar-refractivity contribution in [1.82, 2.24) is 0 Å². The minimum absolute atomic E-state index is 0.0297. The molecule has 0 aliphatic rings. The summed E-state index contributed by atoms with van der Waals surface area (Å²) in [6, 6.07) is 9.18. The van der Waals surface area contributed by atoms with Gasteiger partial charge in [0.1, 0.15) is 12.4 Å². The van der Waals surface area contributed by atoms with Gasteiger partial charge in [-0.3, -0.25) is 0 Å². The van der Waals surface area contributed by atoms with Gasteiger partial charge in [0.05, 0.1) is 23.5 Å². The Bertz CT molecular complexity index is 529. The van der Waals surface area contributed by atoms with Gasteiger partial charge in [-0.1, -0.05) is 19.1 Å². The molecular formula is C14H19NO3S. The number of hydrogen-bond acceptors (Lipinski definition) is 4. The van der Waals surface area contributed by atoms with E-state index in [0.717, 1.165) is 5.56 Å². The summed E-state index contributed by atoms with van der Waals surface area (Å²) in [7, 11) is -3.07. The largest absolute Gasteiger partial charge is 0.493 e. The molecule has 0 aliphatic heterocycles. The van der Waals surface area contributed by atoms with Gasteiger partial charge < -0.3 is 4.74 Å². The molecule has 1 atom stereocenters. The van der Waals surface area contributed by atoms with Crippen molar-refractivity contribution < 1.29 is 13.2 Å². The van der Waals surface area contributed by atoms with Crippen LogP contribution in [-0.2, 0) is 16.3 Å².